The third kappa shape index (κ3) is 1.96. The van der Waals surface area contributed by atoms with Gasteiger partial charge in [-0.05, 0) is 24.3 Å². The standard InChI is InChI=1S/C18H12N4O3/c19-17-20-16(11-9-24-13-7-3-1-5-10(13)15(11)23)22-12-6-2-4-8-14(12)25-18(22)21-17/h1-9,16H,(H2,19,20)/t16-/m0/s1. The second-order valence-electron chi connectivity index (χ2n) is 5.71. The SMILES string of the molecule is NC1=N[C@H](c2coc3ccccc3c2=O)N2C(=N1)Oc1ccccc12. The molecule has 3 aromatic rings. The molecule has 2 N–H and O–H groups in total. The van der Waals surface area contributed by atoms with Gasteiger partial charge in [0.25, 0.3) is 0 Å². The van der Waals surface area contributed by atoms with Crippen molar-refractivity contribution in [1.82, 2.24) is 0 Å². The number of hydrogen-bond donors (Lipinski definition) is 1. The van der Waals surface area contributed by atoms with Gasteiger partial charge >= 0.3 is 6.02 Å². The molecule has 2 aromatic carbocycles. The lowest BCUT2D eigenvalue weighted by Crippen LogP contribution is -2.40. The molecule has 0 amide bonds. The van der Waals surface area contributed by atoms with Crippen LogP contribution in [-0.4, -0.2) is 12.0 Å². The minimum atomic E-state index is -0.697. The van der Waals surface area contributed by atoms with Crippen LogP contribution in [0.15, 0.2) is 74.0 Å². The molecule has 7 nitrogen and oxygen atoms in total. The van der Waals surface area contributed by atoms with Crippen LogP contribution in [0, 0.1) is 0 Å². The van der Waals surface area contributed by atoms with Crippen LogP contribution in [0.2, 0.25) is 0 Å². The Morgan fingerprint density at radius 2 is 1.88 bits per heavy atom. The maximum Gasteiger partial charge on any atom is 0.307 e. The molecule has 5 rings (SSSR count). The van der Waals surface area contributed by atoms with E-state index >= 15 is 0 Å². The van der Waals surface area contributed by atoms with Crippen molar-refractivity contribution in [3.63, 3.8) is 0 Å². The molecule has 2 aliphatic rings. The molecule has 0 radical (unpaired) electrons. The number of hydrogen-bond acceptors (Lipinski definition) is 7. The van der Waals surface area contributed by atoms with Crippen LogP contribution >= 0.6 is 0 Å². The van der Waals surface area contributed by atoms with Crippen LogP contribution in [0.1, 0.15) is 11.7 Å². The lowest BCUT2D eigenvalue weighted by Gasteiger charge is -2.27. The average molecular weight is 332 g/mol. The molecule has 122 valence electrons. The number of guanidine groups is 1. The first-order chi connectivity index (χ1) is 12.2. The third-order valence-electron chi connectivity index (χ3n) is 4.23. The summed E-state index contributed by atoms with van der Waals surface area (Å²) in [6.07, 6.45) is 0.729. The molecule has 7 heteroatoms. The molecule has 0 saturated heterocycles. The van der Waals surface area contributed by atoms with Crippen LogP contribution in [0.3, 0.4) is 0 Å². The molecule has 0 bridgehead atoms. The fourth-order valence-corrected chi connectivity index (χ4v) is 3.10. The first-order valence-electron chi connectivity index (χ1n) is 7.71. The van der Waals surface area contributed by atoms with E-state index < -0.39 is 6.17 Å². The molecule has 0 saturated carbocycles. The van der Waals surface area contributed by atoms with Gasteiger partial charge in [0.05, 0.1) is 16.6 Å². The zero-order valence-electron chi connectivity index (χ0n) is 12.9. The van der Waals surface area contributed by atoms with E-state index in [2.05, 4.69) is 9.98 Å². The van der Waals surface area contributed by atoms with Crippen molar-refractivity contribution < 1.29 is 9.15 Å². The lowest BCUT2D eigenvalue weighted by molar-refractivity contribution is 0.543. The second kappa shape index (κ2) is 4.94. The number of fused-ring (bicyclic) bond motifs is 4. The maximum absolute atomic E-state index is 13.0. The van der Waals surface area contributed by atoms with Crippen molar-refractivity contribution in [3.8, 4) is 5.75 Å². The molecular formula is C18H12N4O3. The van der Waals surface area contributed by atoms with Crippen molar-refractivity contribution in [2.24, 2.45) is 15.7 Å². The van der Waals surface area contributed by atoms with Crippen molar-refractivity contribution in [2.75, 3.05) is 4.90 Å². The summed E-state index contributed by atoms with van der Waals surface area (Å²) in [4.78, 5) is 23.2. The number of benzene rings is 2. The first kappa shape index (κ1) is 13.8. The van der Waals surface area contributed by atoms with Crippen LogP contribution in [-0.2, 0) is 0 Å². The predicted octanol–water partition coefficient (Wildman–Crippen LogP) is 2.37. The Balaban J connectivity index is 1.73. The topological polar surface area (TPSA) is 93.4 Å². The van der Waals surface area contributed by atoms with Crippen molar-refractivity contribution >= 4 is 28.6 Å². The van der Waals surface area contributed by atoms with Gasteiger partial charge in [0.15, 0.2) is 17.3 Å². The minimum Gasteiger partial charge on any atom is -0.464 e. The van der Waals surface area contributed by atoms with E-state index in [4.69, 9.17) is 14.9 Å². The molecule has 1 aromatic heterocycles. The van der Waals surface area contributed by atoms with E-state index in [1.54, 1.807) is 23.1 Å². The van der Waals surface area contributed by atoms with E-state index in [1.165, 1.54) is 6.26 Å². The Labute approximate surface area is 141 Å². The highest BCUT2D eigenvalue weighted by Gasteiger charge is 2.38. The maximum atomic E-state index is 13.0. The number of para-hydroxylation sites is 3. The largest absolute Gasteiger partial charge is 0.464 e. The Morgan fingerprint density at radius 1 is 1.08 bits per heavy atom. The van der Waals surface area contributed by atoms with Gasteiger partial charge in [-0.2, -0.15) is 4.99 Å². The number of rotatable bonds is 1. The van der Waals surface area contributed by atoms with E-state index in [0.717, 1.165) is 5.69 Å². The first-order valence-corrected chi connectivity index (χ1v) is 7.71. The molecule has 0 unspecified atom stereocenters. The highest BCUT2D eigenvalue weighted by molar-refractivity contribution is 6.07. The summed E-state index contributed by atoms with van der Waals surface area (Å²) in [6, 6.07) is 14.8. The summed E-state index contributed by atoms with van der Waals surface area (Å²) >= 11 is 0. The van der Waals surface area contributed by atoms with Gasteiger partial charge in [-0.3, -0.25) is 9.69 Å². The van der Waals surface area contributed by atoms with Crippen LogP contribution in [0.4, 0.5) is 5.69 Å². The Bertz CT molecular complexity index is 1130. The summed E-state index contributed by atoms with van der Waals surface area (Å²) < 4.78 is 11.4. The van der Waals surface area contributed by atoms with Gasteiger partial charge in [-0.25, -0.2) is 4.99 Å². The summed E-state index contributed by atoms with van der Waals surface area (Å²) in [6.45, 7) is 0. The van der Waals surface area contributed by atoms with Gasteiger partial charge in [-0.1, -0.05) is 24.3 Å². The molecule has 0 spiro atoms. The monoisotopic (exact) mass is 332 g/mol. The van der Waals surface area contributed by atoms with E-state index in [-0.39, 0.29) is 11.4 Å². The zero-order chi connectivity index (χ0) is 17.0. The fourth-order valence-electron chi connectivity index (χ4n) is 3.10. The van der Waals surface area contributed by atoms with Crippen LogP contribution < -0.4 is 20.8 Å². The molecule has 3 heterocycles. The third-order valence-corrected chi connectivity index (χ3v) is 4.23. The molecule has 25 heavy (non-hydrogen) atoms. The lowest BCUT2D eigenvalue weighted by atomic mass is 10.1. The normalized spacial score (nSPS) is 18.2. The van der Waals surface area contributed by atoms with E-state index in [0.29, 0.717) is 28.3 Å². The number of ether oxygens (including phenoxy) is 1. The summed E-state index contributed by atoms with van der Waals surface area (Å²) in [5.74, 6) is 0.693. The van der Waals surface area contributed by atoms with Gasteiger partial charge < -0.3 is 14.9 Å². The predicted molar refractivity (Wildman–Crippen MR) is 93.8 cm³/mol. The van der Waals surface area contributed by atoms with Gasteiger partial charge in [0.2, 0.25) is 5.96 Å². The average Bonchev–Trinajstić information content (AvgIpc) is 3.00. The van der Waals surface area contributed by atoms with E-state index in [9.17, 15) is 4.79 Å². The second-order valence-corrected chi connectivity index (χ2v) is 5.71. The van der Waals surface area contributed by atoms with Crippen molar-refractivity contribution in [2.45, 2.75) is 6.17 Å². The number of amidine groups is 1. The number of nitrogens with two attached hydrogens (primary N) is 1. The minimum absolute atomic E-state index is 0.0524. The van der Waals surface area contributed by atoms with Crippen LogP contribution in [0.5, 0.6) is 5.75 Å². The van der Waals surface area contributed by atoms with Gasteiger partial charge in [0.1, 0.15) is 11.8 Å². The number of aliphatic imine (C=N–C) groups is 2. The molecule has 0 aliphatic carbocycles. The number of nitrogens with zero attached hydrogens (tertiary/aromatic N) is 3. The van der Waals surface area contributed by atoms with Gasteiger partial charge in [0, 0.05) is 0 Å². The van der Waals surface area contributed by atoms with E-state index in [1.807, 2.05) is 30.3 Å². The highest BCUT2D eigenvalue weighted by Crippen LogP contribution is 2.41. The quantitative estimate of drug-likeness (QED) is 0.738. The zero-order valence-corrected chi connectivity index (χ0v) is 12.9. The smallest absolute Gasteiger partial charge is 0.307 e. The number of anilines is 1. The Kier molecular flexibility index (Phi) is 2.73. The molecule has 1 atom stereocenters. The molecular weight excluding hydrogens is 320 g/mol. The molecule has 0 fully saturated rings. The summed E-state index contributed by atoms with van der Waals surface area (Å²) in [5, 5.41) is 0.492. The molecule has 2 aliphatic heterocycles. The summed E-state index contributed by atoms with van der Waals surface area (Å²) in [5.41, 5.74) is 7.35. The van der Waals surface area contributed by atoms with Gasteiger partial charge in [-0.15, -0.1) is 0 Å². The highest BCUT2D eigenvalue weighted by atomic mass is 16.5. The Hall–Kier alpha value is -3.61. The van der Waals surface area contributed by atoms with Crippen molar-refractivity contribution in [3.05, 3.63) is 70.6 Å². The van der Waals surface area contributed by atoms with Crippen LogP contribution in [0.25, 0.3) is 11.0 Å². The van der Waals surface area contributed by atoms with Crippen molar-refractivity contribution in [1.29, 1.82) is 0 Å². The Morgan fingerprint density at radius 3 is 2.80 bits per heavy atom. The summed E-state index contributed by atoms with van der Waals surface area (Å²) in [7, 11) is 0. The fraction of sp³-hybridized carbons (Fsp3) is 0.0556.